The van der Waals surface area contributed by atoms with Crippen molar-refractivity contribution in [1.29, 1.82) is 0 Å². The van der Waals surface area contributed by atoms with Crippen LogP contribution in [0.4, 0.5) is 4.79 Å². The summed E-state index contributed by atoms with van der Waals surface area (Å²) in [6.45, 7) is 2.76. The van der Waals surface area contributed by atoms with Gasteiger partial charge in [0, 0.05) is 53.9 Å². The number of aromatic amines is 1. The number of nitrogens with zero attached hydrogens (tertiary/aromatic N) is 2. The van der Waals surface area contributed by atoms with Crippen molar-refractivity contribution in [3.63, 3.8) is 0 Å². The number of rotatable bonds is 3. The van der Waals surface area contributed by atoms with Crippen molar-refractivity contribution in [2.24, 2.45) is 12.8 Å². The average Bonchev–Trinajstić information content (AvgIpc) is 2.94. The molecule has 3 heterocycles. The van der Waals surface area contributed by atoms with E-state index in [9.17, 15) is 14.7 Å². The second-order valence-corrected chi connectivity index (χ2v) is 9.11. The Morgan fingerprint density at radius 1 is 1.27 bits per heavy atom. The molecule has 1 atom stereocenters. The number of nitrogens with one attached hydrogen (secondary N) is 1. The van der Waals surface area contributed by atoms with Crippen LogP contribution in [0.1, 0.15) is 36.1 Å². The molecule has 0 amide bonds. The third-order valence-corrected chi connectivity index (χ3v) is 6.87. The molecule has 1 saturated heterocycles. The lowest BCUT2D eigenvalue weighted by Gasteiger charge is -2.30. The van der Waals surface area contributed by atoms with Crippen LogP contribution in [-0.4, -0.2) is 50.0 Å². The van der Waals surface area contributed by atoms with Gasteiger partial charge < -0.3 is 30.2 Å². The van der Waals surface area contributed by atoms with Crippen LogP contribution in [0.2, 0.25) is 0 Å². The standard InChI is InChI=1S/C24H28N4O5/c1-27-16(12-28-7-3-5-15(25)11-28)8-14-9-18-13(10-19(14)27)4-2-6-17-20(18)26-23(30)22(21(17)29)33-24(31)32/h8-10,15H,2-7,11-12,25H2,1H3,(H,31,32)(H2,26,29,30). The fourth-order valence-corrected chi connectivity index (χ4v) is 5.26. The zero-order valence-corrected chi connectivity index (χ0v) is 18.6. The highest BCUT2D eigenvalue weighted by atomic mass is 16.7. The minimum absolute atomic E-state index is 0.223. The molecule has 33 heavy (non-hydrogen) atoms. The number of fused-ring (bicyclic) bond motifs is 4. The molecule has 0 radical (unpaired) electrons. The number of benzene rings is 1. The van der Waals surface area contributed by atoms with E-state index in [1.807, 2.05) is 6.07 Å². The van der Waals surface area contributed by atoms with Crippen molar-refractivity contribution < 1.29 is 19.7 Å². The predicted molar refractivity (Wildman–Crippen MR) is 124 cm³/mol. The van der Waals surface area contributed by atoms with E-state index in [1.54, 1.807) is 0 Å². The number of H-pyrrole nitrogens is 1. The Balaban J connectivity index is 1.59. The Morgan fingerprint density at radius 2 is 2.09 bits per heavy atom. The molecule has 2 aromatic heterocycles. The monoisotopic (exact) mass is 452 g/mol. The Kier molecular flexibility index (Phi) is 5.38. The molecule has 5 N–H and O–H groups in total. The average molecular weight is 453 g/mol. The number of carbonyl (C=O) groups is 1. The first-order chi connectivity index (χ1) is 15.8. The number of ether oxygens (including phenoxy) is 1. The first-order valence-electron chi connectivity index (χ1n) is 11.3. The molecule has 0 spiro atoms. The Hall–Kier alpha value is -3.30. The van der Waals surface area contributed by atoms with E-state index in [-0.39, 0.29) is 6.04 Å². The summed E-state index contributed by atoms with van der Waals surface area (Å²) in [5, 5.41) is 20.6. The van der Waals surface area contributed by atoms with Gasteiger partial charge >= 0.3 is 6.16 Å². The number of piperidine rings is 1. The SMILES string of the molecule is Cn1c(CN2CCCC(N)C2)cc2cc3c(cc21)CCCc1c-3[nH]c(=O)c(OC(=O)O)c1O. The lowest BCUT2D eigenvalue weighted by molar-refractivity contribution is 0.142. The van der Waals surface area contributed by atoms with Crippen molar-refractivity contribution in [2.45, 2.75) is 44.7 Å². The number of pyridine rings is 1. The van der Waals surface area contributed by atoms with E-state index in [2.05, 4.69) is 38.4 Å². The molecular formula is C24H28N4O5. The lowest BCUT2D eigenvalue weighted by Crippen LogP contribution is -2.42. The van der Waals surface area contributed by atoms with Gasteiger partial charge in [-0.3, -0.25) is 9.69 Å². The minimum atomic E-state index is -1.64. The van der Waals surface area contributed by atoms with Gasteiger partial charge in [0.25, 0.3) is 5.56 Å². The van der Waals surface area contributed by atoms with Crippen molar-refractivity contribution in [3.05, 3.63) is 45.4 Å². The normalized spacial score (nSPS) is 18.5. The number of aromatic hydroxyl groups is 1. The van der Waals surface area contributed by atoms with E-state index < -0.39 is 23.2 Å². The highest BCUT2D eigenvalue weighted by Crippen LogP contribution is 2.40. The summed E-state index contributed by atoms with van der Waals surface area (Å²) < 4.78 is 6.76. The van der Waals surface area contributed by atoms with Gasteiger partial charge in [-0.1, -0.05) is 0 Å². The zero-order chi connectivity index (χ0) is 23.3. The fourth-order valence-electron chi connectivity index (χ4n) is 5.26. The smallest absolute Gasteiger partial charge is 0.504 e. The summed E-state index contributed by atoms with van der Waals surface area (Å²) in [6.07, 6.45) is 2.57. The number of carboxylic acid groups (broad SMARTS) is 1. The van der Waals surface area contributed by atoms with E-state index in [4.69, 9.17) is 10.8 Å². The van der Waals surface area contributed by atoms with Crippen molar-refractivity contribution in [2.75, 3.05) is 13.1 Å². The van der Waals surface area contributed by atoms with Gasteiger partial charge in [-0.2, -0.15) is 0 Å². The van der Waals surface area contributed by atoms with Crippen LogP contribution in [0.15, 0.2) is 23.0 Å². The number of aryl methyl sites for hydroxylation is 2. The van der Waals surface area contributed by atoms with E-state index >= 15 is 0 Å². The summed E-state index contributed by atoms with van der Waals surface area (Å²) >= 11 is 0. The van der Waals surface area contributed by atoms with Crippen LogP contribution in [0.25, 0.3) is 22.2 Å². The maximum atomic E-state index is 12.5. The second kappa shape index (κ2) is 8.24. The van der Waals surface area contributed by atoms with Crippen LogP contribution in [0.5, 0.6) is 11.5 Å². The van der Waals surface area contributed by atoms with Gasteiger partial charge in [0.2, 0.25) is 5.75 Å². The number of hydrogen-bond acceptors (Lipinski definition) is 6. The Bertz CT molecular complexity index is 1310. The summed E-state index contributed by atoms with van der Waals surface area (Å²) in [5.41, 5.74) is 10.7. The van der Waals surface area contributed by atoms with E-state index in [1.165, 1.54) is 5.69 Å². The van der Waals surface area contributed by atoms with Gasteiger partial charge in [-0.05, 0) is 62.4 Å². The molecular weight excluding hydrogens is 424 g/mol. The number of nitrogens with two attached hydrogens (primary N) is 1. The minimum Gasteiger partial charge on any atom is -0.504 e. The molecule has 2 aliphatic rings. The molecule has 1 unspecified atom stereocenters. The van der Waals surface area contributed by atoms with Crippen LogP contribution in [-0.2, 0) is 26.4 Å². The van der Waals surface area contributed by atoms with Crippen LogP contribution >= 0.6 is 0 Å². The zero-order valence-electron chi connectivity index (χ0n) is 18.6. The molecule has 9 heteroatoms. The molecule has 1 aliphatic carbocycles. The summed E-state index contributed by atoms with van der Waals surface area (Å²) in [6, 6.07) is 6.59. The van der Waals surface area contributed by atoms with Crippen molar-refractivity contribution in [1.82, 2.24) is 14.5 Å². The van der Waals surface area contributed by atoms with Gasteiger partial charge in [0.05, 0.1) is 5.69 Å². The number of hydrogen-bond donors (Lipinski definition) is 4. The molecule has 1 aromatic carbocycles. The summed E-state index contributed by atoms with van der Waals surface area (Å²) in [4.78, 5) is 28.6. The van der Waals surface area contributed by atoms with Crippen LogP contribution < -0.4 is 16.0 Å². The molecule has 1 fully saturated rings. The predicted octanol–water partition coefficient (Wildman–Crippen LogP) is 2.71. The molecule has 9 nitrogen and oxygen atoms in total. The first-order valence-corrected chi connectivity index (χ1v) is 11.3. The highest BCUT2D eigenvalue weighted by Gasteiger charge is 2.26. The molecule has 5 rings (SSSR count). The third kappa shape index (κ3) is 3.87. The summed E-state index contributed by atoms with van der Waals surface area (Å²) in [7, 11) is 2.07. The van der Waals surface area contributed by atoms with Gasteiger partial charge in [-0.25, -0.2) is 4.79 Å². The van der Waals surface area contributed by atoms with Gasteiger partial charge in [0.1, 0.15) is 0 Å². The Morgan fingerprint density at radius 3 is 2.85 bits per heavy atom. The largest absolute Gasteiger partial charge is 0.511 e. The van der Waals surface area contributed by atoms with Gasteiger partial charge in [-0.15, -0.1) is 0 Å². The van der Waals surface area contributed by atoms with E-state index in [0.29, 0.717) is 17.7 Å². The molecule has 0 saturated carbocycles. The maximum Gasteiger partial charge on any atom is 0.511 e. The molecule has 1 aliphatic heterocycles. The number of aromatic nitrogens is 2. The topological polar surface area (TPSA) is 134 Å². The second-order valence-electron chi connectivity index (χ2n) is 9.11. The van der Waals surface area contributed by atoms with Crippen LogP contribution in [0.3, 0.4) is 0 Å². The third-order valence-electron chi connectivity index (χ3n) is 6.87. The highest BCUT2D eigenvalue weighted by molar-refractivity contribution is 5.89. The van der Waals surface area contributed by atoms with Crippen molar-refractivity contribution >= 4 is 17.1 Å². The quantitative estimate of drug-likeness (QED) is 0.449. The Labute approximate surface area is 190 Å². The lowest BCUT2D eigenvalue weighted by atomic mass is 9.99. The summed E-state index contributed by atoms with van der Waals surface area (Å²) in [5.74, 6) is -0.980. The van der Waals surface area contributed by atoms with E-state index in [0.717, 1.165) is 67.3 Å². The fraction of sp³-hybridized carbons (Fsp3) is 0.417. The number of likely N-dealkylation sites (tertiary alicyclic amines) is 1. The first kappa shape index (κ1) is 21.5. The van der Waals surface area contributed by atoms with Crippen LogP contribution in [0, 0.1) is 0 Å². The van der Waals surface area contributed by atoms with Gasteiger partial charge in [0.15, 0.2) is 5.75 Å². The molecule has 0 bridgehead atoms. The van der Waals surface area contributed by atoms with Crippen molar-refractivity contribution in [3.8, 4) is 22.8 Å². The molecule has 174 valence electrons. The molecule has 3 aromatic rings. The maximum absolute atomic E-state index is 12.5.